The van der Waals surface area contributed by atoms with E-state index in [0.29, 0.717) is 7.25 Å². The number of halogens is 2. The van der Waals surface area contributed by atoms with Gasteiger partial charge in [-0.1, -0.05) is 0 Å². The molecule has 0 radical (unpaired) electrons. The molecule has 6 rings (SSSR count). The molecule has 0 amide bonds. The number of hydrogen-bond acceptors (Lipinski definition) is 1. The molecule has 0 aromatic heterocycles. The Morgan fingerprint density at radius 3 is 1.89 bits per heavy atom. The quantitative estimate of drug-likeness (QED) is 0.256. The van der Waals surface area contributed by atoms with Crippen LogP contribution in [0.25, 0.3) is 33.9 Å². The Bertz CT molecular complexity index is 1800. The van der Waals surface area contributed by atoms with E-state index in [2.05, 4.69) is 147 Å². The molecule has 4 heteroatoms. The van der Waals surface area contributed by atoms with Crippen LogP contribution in [0.5, 0.6) is 5.75 Å². The fourth-order valence-electron chi connectivity index (χ4n) is 7.17. The average molecular weight is 729 g/mol. The SMILES string of the molecule is COc1c(C(C)(C)C)cc2c(c1-c1ccccc1)C(C)=C(C)[C@H]2[Zr+2][CH]1C(C)=Cc2c(-c3ccc(C(C)(C)C)cc3)cccc21.[Cl-].[Cl-]. The van der Waals surface area contributed by atoms with Gasteiger partial charge in [-0.25, -0.2) is 0 Å². The number of methoxy groups -OCH3 is 1. The van der Waals surface area contributed by atoms with E-state index in [-0.39, 0.29) is 35.6 Å². The zero-order valence-electron chi connectivity index (χ0n) is 28.9. The zero-order chi connectivity index (χ0) is 31.6. The van der Waals surface area contributed by atoms with Crippen molar-refractivity contribution < 1.29 is 52.8 Å². The Morgan fingerprint density at radius 1 is 0.652 bits per heavy atom. The van der Waals surface area contributed by atoms with Crippen molar-refractivity contribution in [3.05, 3.63) is 123 Å². The van der Waals surface area contributed by atoms with Crippen LogP contribution in [0.15, 0.2) is 90.0 Å². The monoisotopic (exact) mass is 726 g/mol. The van der Waals surface area contributed by atoms with Crippen molar-refractivity contribution in [3.8, 4) is 28.0 Å². The van der Waals surface area contributed by atoms with Gasteiger partial charge in [-0.2, -0.15) is 0 Å². The molecular weight excluding hydrogens is 683 g/mol. The third-order valence-electron chi connectivity index (χ3n) is 9.77. The van der Waals surface area contributed by atoms with Crippen molar-refractivity contribution in [1.29, 1.82) is 0 Å². The number of fused-ring (bicyclic) bond motifs is 2. The standard InChI is InChI=1S/C22H25O.C20H21.2ClH.Zr/c1-14-12-17-13-18(22(3,4)5)21(23-6)20(19(17)15(14)2)16-10-8-7-9-11-16;1-14-12-16-6-5-7-18(19(16)13-14)15-8-10-17(11-9-15)20(2,3)4;;;/h7-13H,1-6H3;5-13H,1-4H3;2*1H;/q;;;;+2/p-2. The van der Waals surface area contributed by atoms with E-state index in [9.17, 15) is 0 Å². The van der Waals surface area contributed by atoms with E-state index >= 15 is 0 Å². The molecule has 2 aliphatic rings. The molecule has 0 heterocycles. The number of benzene rings is 4. The van der Waals surface area contributed by atoms with Crippen LogP contribution < -0.4 is 29.6 Å². The molecular formula is C42H46Cl2OZr. The smallest absolute Gasteiger partial charge is 1.00 e. The Balaban J connectivity index is 0.00000240. The zero-order valence-corrected chi connectivity index (χ0v) is 32.9. The summed E-state index contributed by atoms with van der Waals surface area (Å²) in [6.45, 7) is 20.9. The molecule has 46 heavy (non-hydrogen) atoms. The normalized spacial score (nSPS) is 17.0. The summed E-state index contributed by atoms with van der Waals surface area (Å²) < 4.78 is 7.34. The molecule has 0 saturated heterocycles. The molecule has 0 fully saturated rings. The number of hydrogen-bond donors (Lipinski definition) is 0. The summed E-state index contributed by atoms with van der Waals surface area (Å²) >= 11 is -1.03. The van der Waals surface area contributed by atoms with Crippen LogP contribution >= 0.6 is 0 Å². The van der Waals surface area contributed by atoms with E-state index in [1.165, 1.54) is 61.2 Å². The third kappa shape index (κ3) is 6.40. The minimum absolute atomic E-state index is 0. The first kappa shape index (κ1) is 36.5. The van der Waals surface area contributed by atoms with Gasteiger partial charge in [-0.15, -0.1) is 0 Å². The summed E-state index contributed by atoms with van der Waals surface area (Å²) in [6.07, 6.45) is 2.50. The average Bonchev–Trinajstić information content (AvgIpc) is 3.43. The summed E-state index contributed by atoms with van der Waals surface area (Å²) in [5, 5.41) is 0. The van der Waals surface area contributed by atoms with Crippen molar-refractivity contribution in [1.82, 2.24) is 0 Å². The van der Waals surface area contributed by atoms with E-state index in [1.807, 2.05) is 7.11 Å². The van der Waals surface area contributed by atoms with Crippen LogP contribution in [0.2, 0.25) is 0 Å². The Kier molecular flexibility index (Phi) is 10.8. The molecule has 0 N–H and O–H groups in total. The predicted octanol–water partition coefficient (Wildman–Crippen LogP) is 5.72. The molecule has 1 nitrogen and oxygen atoms in total. The van der Waals surface area contributed by atoms with Gasteiger partial charge in [-0.3, -0.25) is 0 Å². The maximum Gasteiger partial charge on any atom is -1.00 e. The van der Waals surface area contributed by atoms with E-state index in [1.54, 1.807) is 11.1 Å². The second-order valence-corrected chi connectivity index (χ2v) is 18.4. The topological polar surface area (TPSA) is 9.23 Å². The predicted molar refractivity (Wildman–Crippen MR) is 185 cm³/mol. The first-order valence-electron chi connectivity index (χ1n) is 16.0. The molecule has 0 spiro atoms. The van der Waals surface area contributed by atoms with Crippen LogP contribution in [0, 0.1) is 0 Å². The van der Waals surface area contributed by atoms with E-state index < -0.39 is 23.2 Å². The Morgan fingerprint density at radius 2 is 1.30 bits per heavy atom. The Hall–Kier alpha value is -2.38. The minimum Gasteiger partial charge on any atom is -1.00 e. The molecule has 1 unspecified atom stereocenters. The Labute approximate surface area is 301 Å². The van der Waals surface area contributed by atoms with Crippen LogP contribution in [0.1, 0.15) is 103 Å². The maximum absolute atomic E-state index is 6.26. The van der Waals surface area contributed by atoms with Crippen molar-refractivity contribution >= 4 is 11.6 Å². The van der Waals surface area contributed by atoms with Gasteiger partial charge >= 0.3 is 279 Å². The van der Waals surface area contributed by atoms with Crippen LogP contribution in [-0.4, -0.2) is 7.11 Å². The number of ether oxygens (including phenoxy) is 1. The summed E-state index contributed by atoms with van der Waals surface area (Å²) in [4.78, 5) is 0. The molecule has 4 aromatic carbocycles. The first-order valence-corrected chi connectivity index (χ1v) is 18.8. The number of allylic oxidation sites excluding steroid dienone is 3. The van der Waals surface area contributed by atoms with Crippen LogP contribution in [0.3, 0.4) is 0 Å². The largest absolute Gasteiger partial charge is 1.00 e. The van der Waals surface area contributed by atoms with Gasteiger partial charge in [0.15, 0.2) is 0 Å². The van der Waals surface area contributed by atoms with Crippen molar-refractivity contribution in [2.75, 3.05) is 7.11 Å². The van der Waals surface area contributed by atoms with Gasteiger partial charge in [-0.05, 0) is 0 Å². The van der Waals surface area contributed by atoms with Crippen molar-refractivity contribution in [3.63, 3.8) is 0 Å². The summed E-state index contributed by atoms with van der Waals surface area (Å²) in [5.41, 5.74) is 18.5. The molecule has 2 aliphatic carbocycles. The van der Waals surface area contributed by atoms with Crippen molar-refractivity contribution in [2.45, 2.75) is 80.4 Å². The number of rotatable bonds is 5. The second-order valence-electron chi connectivity index (χ2n) is 14.8. The molecule has 0 saturated carbocycles. The molecule has 4 aromatic rings. The molecule has 0 bridgehead atoms. The van der Waals surface area contributed by atoms with Gasteiger partial charge in [0.25, 0.3) is 0 Å². The maximum atomic E-state index is 6.26. The van der Waals surface area contributed by atoms with Crippen LogP contribution in [0.4, 0.5) is 0 Å². The fourth-order valence-corrected chi connectivity index (χ4v) is 12.0. The molecule has 238 valence electrons. The second kappa shape index (κ2) is 13.6. The summed E-state index contributed by atoms with van der Waals surface area (Å²) in [5.74, 6) is 1.03. The van der Waals surface area contributed by atoms with Gasteiger partial charge in [0, 0.05) is 0 Å². The van der Waals surface area contributed by atoms with E-state index in [4.69, 9.17) is 4.74 Å². The molecule has 0 aliphatic heterocycles. The van der Waals surface area contributed by atoms with Gasteiger partial charge < -0.3 is 24.8 Å². The van der Waals surface area contributed by atoms with E-state index in [0.717, 1.165) is 5.75 Å². The summed E-state index contributed by atoms with van der Waals surface area (Å²) in [7, 11) is 1.84. The molecule has 2 atom stereocenters. The minimum atomic E-state index is -1.03. The fraction of sp³-hybridized carbons (Fsp3) is 0.333. The summed E-state index contributed by atoms with van der Waals surface area (Å²) in [6, 6.07) is 29.7. The third-order valence-corrected chi connectivity index (χ3v) is 15.1. The van der Waals surface area contributed by atoms with Gasteiger partial charge in [0.2, 0.25) is 0 Å². The van der Waals surface area contributed by atoms with Gasteiger partial charge in [0.1, 0.15) is 0 Å². The first-order chi connectivity index (χ1) is 20.8. The van der Waals surface area contributed by atoms with Crippen molar-refractivity contribution in [2.24, 2.45) is 0 Å². The van der Waals surface area contributed by atoms with Crippen LogP contribution in [-0.2, 0) is 34.1 Å². The van der Waals surface area contributed by atoms with Gasteiger partial charge in [0.05, 0.1) is 0 Å².